The summed E-state index contributed by atoms with van der Waals surface area (Å²) in [6.45, 7) is 5.02. The average Bonchev–Trinajstić information content (AvgIpc) is 2.98. The van der Waals surface area contributed by atoms with E-state index in [2.05, 4.69) is 58.9 Å². The number of hydrogen-bond donors (Lipinski definition) is 2. The predicted molar refractivity (Wildman–Crippen MR) is 161 cm³/mol. The van der Waals surface area contributed by atoms with Crippen molar-refractivity contribution in [2.45, 2.75) is 20.0 Å². The molecule has 4 aromatic carbocycles. The van der Waals surface area contributed by atoms with Crippen LogP contribution in [0, 0.1) is 6.92 Å². The third-order valence-electron chi connectivity index (χ3n) is 7.33. The molecule has 1 aromatic heterocycles. The molecule has 6 rings (SSSR count). The van der Waals surface area contributed by atoms with Crippen LogP contribution in [-0.2, 0) is 13.1 Å². The lowest BCUT2D eigenvalue weighted by Crippen LogP contribution is -2.34. The topological polar surface area (TPSA) is 57.3 Å². The maximum absolute atomic E-state index is 13.1. The summed E-state index contributed by atoms with van der Waals surface area (Å²) in [5.41, 5.74) is 7.09. The molecule has 1 amide bonds. The van der Waals surface area contributed by atoms with Crippen molar-refractivity contribution >= 4 is 39.8 Å². The average molecular weight is 533 g/mol. The van der Waals surface area contributed by atoms with Gasteiger partial charge in [0.2, 0.25) is 0 Å². The summed E-state index contributed by atoms with van der Waals surface area (Å²) >= 11 is 6.29. The second kappa shape index (κ2) is 10.8. The zero-order valence-corrected chi connectivity index (χ0v) is 22.5. The van der Waals surface area contributed by atoms with Gasteiger partial charge >= 0.3 is 0 Å². The highest BCUT2D eigenvalue weighted by Crippen LogP contribution is 2.33. The fraction of sp³-hybridized carbons (Fsp3) is 0.152. The summed E-state index contributed by atoms with van der Waals surface area (Å²) in [6, 6.07) is 30.3. The Balaban J connectivity index is 1.23. The lowest BCUT2D eigenvalue weighted by Gasteiger charge is -2.32. The molecule has 2 heterocycles. The van der Waals surface area contributed by atoms with Crippen LogP contribution in [0.2, 0.25) is 5.02 Å². The lowest BCUT2D eigenvalue weighted by molar-refractivity contribution is 0.0951. The number of carbonyl (C=O) groups is 1. The van der Waals surface area contributed by atoms with E-state index in [1.54, 1.807) is 0 Å². The number of pyridine rings is 1. The van der Waals surface area contributed by atoms with Crippen LogP contribution in [0.4, 0.5) is 11.5 Å². The summed E-state index contributed by atoms with van der Waals surface area (Å²) < 4.78 is 0. The van der Waals surface area contributed by atoms with Crippen LogP contribution in [0.15, 0.2) is 97.2 Å². The maximum Gasteiger partial charge on any atom is 0.251 e. The minimum atomic E-state index is -0.101. The number of aryl methyl sites for hydroxylation is 1. The molecule has 0 fully saturated rings. The van der Waals surface area contributed by atoms with Gasteiger partial charge in [0.25, 0.3) is 5.91 Å². The maximum atomic E-state index is 13.1. The summed E-state index contributed by atoms with van der Waals surface area (Å²) in [7, 11) is 0. The first-order valence-electron chi connectivity index (χ1n) is 13.1. The molecule has 0 atom stereocenters. The first-order valence-corrected chi connectivity index (χ1v) is 13.5. The number of halogens is 1. The summed E-state index contributed by atoms with van der Waals surface area (Å²) in [5, 5.41) is 9.58. The first kappa shape index (κ1) is 25.0. The molecule has 5 aromatic rings. The number of benzene rings is 4. The molecule has 0 saturated heterocycles. The number of hydrogen-bond acceptors (Lipinski definition) is 4. The number of fused-ring (bicyclic) bond motifs is 2. The van der Waals surface area contributed by atoms with Crippen molar-refractivity contribution < 1.29 is 4.79 Å². The van der Waals surface area contributed by atoms with Gasteiger partial charge in [0.15, 0.2) is 0 Å². The molecular weight excluding hydrogens is 504 g/mol. The van der Waals surface area contributed by atoms with E-state index in [-0.39, 0.29) is 5.91 Å². The minimum absolute atomic E-state index is 0.101. The normalized spacial score (nSPS) is 12.6. The van der Waals surface area contributed by atoms with E-state index in [1.165, 1.54) is 16.5 Å². The van der Waals surface area contributed by atoms with E-state index >= 15 is 0 Å². The van der Waals surface area contributed by atoms with Crippen LogP contribution in [0.3, 0.4) is 0 Å². The minimum Gasteiger partial charge on any atom is -0.367 e. The summed E-state index contributed by atoms with van der Waals surface area (Å²) in [5.74, 6) is 0.768. The SMILES string of the molecule is Cc1ccc(Cl)cc1CN1CCNc2ncc(-c3cccc(C(=O)NCc4cccc5ccccc45)c3)cc21. The van der Waals surface area contributed by atoms with Crippen molar-refractivity contribution in [2.75, 3.05) is 23.3 Å². The van der Waals surface area contributed by atoms with Gasteiger partial charge in [-0.3, -0.25) is 4.79 Å². The zero-order chi connectivity index (χ0) is 26.8. The smallest absolute Gasteiger partial charge is 0.251 e. The standard InChI is InChI=1S/C33H29ClN4O/c1-22-12-13-29(34)17-28(22)21-38-15-14-35-32-31(38)18-27(20-36-32)24-8-5-9-25(16-24)33(39)37-19-26-10-4-7-23-6-2-3-11-30(23)26/h2-13,16-18,20H,14-15,19,21H2,1H3,(H,35,36)(H,37,39). The molecule has 0 bridgehead atoms. The van der Waals surface area contributed by atoms with Crippen molar-refractivity contribution in [3.63, 3.8) is 0 Å². The van der Waals surface area contributed by atoms with Gasteiger partial charge in [0, 0.05) is 48.5 Å². The second-order valence-corrected chi connectivity index (χ2v) is 10.3. The van der Waals surface area contributed by atoms with Crippen LogP contribution in [-0.4, -0.2) is 24.0 Å². The Kier molecular flexibility index (Phi) is 6.91. The van der Waals surface area contributed by atoms with Gasteiger partial charge in [-0.2, -0.15) is 0 Å². The Hall–Kier alpha value is -4.35. The van der Waals surface area contributed by atoms with Gasteiger partial charge < -0.3 is 15.5 Å². The first-order chi connectivity index (χ1) is 19.0. The summed E-state index contributed by atoms with van der Waals surface area (Å²) in [4.78, 5) is 20.2. The van der Waals surface area contributed by atoms with E-state index < -0.39 is 0 Å². The predicted octanol–water partition coefficient (Wildman–Crippen LogP) is 7.23. The van der Waals surface area contributed by atoms with E-state index in [4.69, 9.17) is 16.6 Å². The molecule has 1 aliphatic heterocycles. The van der Waals surface area contributed by atoms with Gasteiger partial charge in [0.05, 0.1) is 5.69 Å². The number of nitrogens with one attached hydrogen (secondary N) is 2. The number of anilines is 2. The zero-order valence-electron chi connectivity index (χ0n) is 21.7. The fourth-order valence-corrected chi connectivity index (χ4v) is 5.36. The molecule has 0 spiro atoms. The third-order valence-corrected chi connectivity index (χ3v) is 7.57. The third kappa shape index (κ3) is 5.31. The summed E-state index contributed by atoms with van der Waals surface area (Å²) in [6.07, 6.45) is 1.87. The van der Waals surface area contributed by atoms with Crippen LogP contribution in [0.1, 0.15) is 27.0 Å². The van der Waals surface area contributed by atoms with Crippen LogP contribution >= 0.6 is 11.6 Å². The highest BCUT2D eigenvalue weighted by molar-refractivity contribution is 6.30. The Morgan fingerprint density at radius 3 is 2.72 bits per heavy atom. The second-order valence-electron chi connectivity index (χ2n) is 9.91. The lowest BCUT2D eigenvalue weighted by atomic mass is 10.0. The quantitative estimate of drug-likeness (QED) is 0.242. The number of carbonyl (C=O) groups excluding carboxylic acids is 1. The molecule has 0 unspecified atom stereocenters. The molecule has 2 N–H and O–H groups in total. The Bertz CT molecular complexity index is 1680. The molecule has 6 heteroatoms. The van der Waals surface area contributed by atoms with E-state index in [9.17, 15) is 4.79 Å². The van der Waals surface area contributed by atoms with Gasteiger partial charge in [-0.05, 0) is 70.3 Å². The Labute approximate surface area is 233 Å². The molecule has 39 heavy (non-hydrogen) atoms. The van der Waals surface area contributed by atoms with E-state index in [0.717, 1.165) is 58.2 Å². The van der Waals surface area contributed by atoms with Crippen molar-refractivity contribution in [3.05, 3.63) is 124 Å². The molecule has 194 valence electrons. The number of aromatic nitrogens is 1. The molecule has 5 nitrogen and oxygen atoms in total. The van der Waals surface area contributed by atoms with Gasteiger partial charge in [-0.15, -0.1) is 0 Å². The molecular formula is C33H29ClN4O. The highest BCUT2D eigenvalue weighted by Gasteiger charge is 2.20. The number of amides is 1. The van der Waals surface area contributed by atoms with Crippen LogP contribution < -0.4 is 15.5 Å². The molecule has 0 aliphatic carbocycles. The molecule has 0 saturated carbocycles. The Morgan fingerprint density at radius 2 is 1.79 bits per heavy atom. The highest BCUT2D eigenvalue weighted by atomic mass is 35.5. The molecule has 1 aliphatic rings. The van der Waals surface area contributed by atoms with E-state index in [0.29, 0.717) is 12.1 Å². The van der Waals surface area contributed by atoms with Crippen LogP contribution in [0.25, 0.3) is 21.9 Å². The van der Waals surface area contributed by atoms with Crippen molar-refractivity contribution in [3.8, 4) is 11.1 Å². The van der Waals surface area contributed by atoms with E-state index in [1.807, 2.05) is 60.8 Å². The fourth-order valence-electron chi connectivity index (χ4n) is 5.16. The van der Waals surface area contributed by atoms with Crippen LogP contribution in [0.5, 0.6) is 0 Å². The Morgan fingerprint density at radius 1 is 0.949 bits per heavy atom. The van der Waals surface area contributed by atoms with Crippen molar-refractivity contribution in [1.82, 2.24) is 10.3 Å². The number of nitrogens with zero attached hydrogens (tertiary/aromatic N) is 2. The van der Waals surface area contributed by atoms with Crippen molar-refractivity contribution in [1.29, 1.82) is 0 Å². The number of rotatable bonds is 6. The monoisotopic (exact) mass is 532 g/mol. The molecule has 0 radical (unpaired) electrons. The van der Waals surface area contributed by atoms with Gasteiger partial charge in [0.1, 0.15) is 5.82 Å². The largest absolute Gasteiger partial charge is 0.367 e. The van der Waals surface area contributed by atoms with Gasteiger partial charge in [-0.25, -0.2) is 4.98 Å². The van der Waals surface area contributed by atoms with Gasteiger partial charge in [-0.1, -0.05) is 72.3 Å². The van der Waals surface area contributed by atoms with Crippen molar-refractivity contribution in [2.24, 2.45) is 0 Å².